The Bertz CT molecular complexity index is 1050. The number of aromatic nitrogens is 4. The van der Waals surface area contributed by atoms with Gasteiger partial charge in [-0.25, -0.2) is 9.97 Å². The van der Waals surface area contributed by atoms with Crippen molar-refractivity contribution in [2.24, 2.45) is 5.92 Å². The van der Waals surface area contributed by atoms with Gasteiger partial charge in [0.25, 0.3) is 0 Å². The van der Waals surface area contributed by atoms with Crippen molar-refractivity contribution in [1.29, 1.82) is 0 Å². The number of ether oxygens (including phenoxy) is 2. The highest BCUT2D eigenvalue weighted by Crippen LogP contribution is 2.33. The molecule has 2 aromatic heterocycles. The summed E-state index contributed by atoms with van der Waals surface area (Å²) >= 11 is 0. The van der Waals surface area contributed by atoms with Crippen LogP contribution < -0.4 is 14.4 Å². The van der Waals surface area contributed by atoms with Crippen molar-refractivity contribution >= 4 is 5.82 Å². The summed E-state index contributed by atoms with van der Waals surface area (Å²) in [6, 6.07) is 8.72. The van der Waals surface area contributed by atoms with E-state index in [0.717, 1.165) is 49.3 Å². The minimum absolute atomic E-state index is 0.317. The summed E-state index contributed by atoms with van der Waals surface area (Å²) in [5.74, 6) is 4.19. The van der Waals surface area contributed by atoms with Crippen LogP contribution in [-0.2, 0) is 6.54 Å². The average molecular weight is 479 g/mol. The van der Waals surface area contributed by atoms with Crippen LogP contribution in [0.5, 0.6) is 11.5 Å². The van der Waals surface area contributed by atoms with Crippen molar-refractivity contribution in [3.63, 3.8) is 0 Å². The Labute approximate surface area is 208 Å². The smallest absolute Gasteiger partial charge is 0.236 e. The van der Waals surface area contributed by atoms with Gasteiger partial charge in [-0.05, 0) is 62.4 Å². The first kappa shape index (κ1) is 25.0. The molecule has 0 N–H and O–H groups in total. The van der Waals surface area contributed by atoms with Crippen molar-refractivity contribution in [1.82, 2.24) is 24.4 Å². The highest BCUT2D eigenvalue weighted by atomic mass is 16.7. The Morgan fingerprint density at radius 3 is 2.71 bits per heavy atom. The third-order valence-corrected chi connectivity index (χ3v) is 6.02. The molecular formula is C27H38N6O2. The van der Waals surface area contributed by atoms with E-state index in [4.69, 9.17) is 14.5 Å². The summed E-state index contributed by atoms with van der Waals surface area (Å²) in [6.07, 6.45) is 12.0. The van der Waals surface area contributed by atoms with Crippen molar-refractivity contribution < 1.29 is 9.47 Å². The highest BCUT2D eigenvalue weighted by molar-refractivity contribution is 5.44. The first-order valence-electron chi connectivity index (χ1n) is 12.6. The SMILES string of the molecule is CC(C)C.CN(CCC1CCCCN1c1ccnc(-n2ccnc2)n1)Cc1ccc2c(c1)OCO2. The number of hydrogen-bond acceptors (Lipinski definition) is 7. The van der Waals surface area contributed by atoms with Crippen LogP contribution in [0.3, 0.4) is 0 Å². The molecule has 0 spiro atoms. The molecule has 5 rings (SSSR count). The van der Waals surface area contributed by atoms with E-state index in [0.29, 0.717) is 18.8 Å². The van der Waals surface area contributed by atoms with E-state index in [1.807, 2.05) is 29.1 Å². The molecule has 35 heavy (non-hydrogen) atoms. The molecule has 8 heteroatoms. The van der Waals surface area contributed by atoms with Crippen LogP contribution in [0, 0.1) is 5.92 Å². The van der Waals surface area contributed by atoms with E-state index in [1.165, 1.54) is 24.8 Å². The van der Waals surface area contributed by atoms with Crippen LogP contribution in [0.4, 0.5) is 5.82 Å². The molecule has 0 amide bonds. The van der Waals surface area contributed by atoms with Gasteiger partial charge in [-0.3, -0.25) is 4.57 Å². The Kier molecular flexibility index (Phi) is 8.58. The maximum absolute atomic E-state index is 5.51. The fourth-order valence-electron chi connectivity index (χ4n) is 4.40. The molecule has 1 fully saturated rings. The van der Waals surface area contributed by atoms with Crippen molar-refractivity contribution in [3.05, 3.63) is 54.7 Å². The molecule has 0 bridgehead atoms. The van der Waals surface area contributed by atoms with Crippen LogP contribution in [-0.4, -0.2) is 57.4 Å². The normalized spacial score (nSPS) is 17.0. The molecule has 2 aliphatic heterocycles. The first-order valence-corrected chi connectivity index (χ1v) is 12.6. The predicted molar refractivity (Wildman–Crippen MR) is 138 cm³/mol. The average Bonchev–Trinajstić information content (AvgIpc) is 3.55. The number of hydrogen-bond donors (Lipinski definition) is 0. The lowest BCUT2D eigenvalue weighted by Crippen LogP contribution is -2.42. The lowest BCUT2D eigenvalue weighted by Gasteiger charge is -2.37. The largest absolute Gasteiger partial charge is 0.454 e. The lowest BCUT2D eigenvalue weighted by molar-refractivity contribution is 0.174. The van der Waals surface area contributed by atoms with E-state index in [2.05, 4.69) is 59.7 Å². The quantitative estimate of drug-likeness (QED) is 0.477. The minimum atomic E-state index is 0.317. The van der Waals surface area contributed by atoms with Gasteiger partial charge in [0, 0.05) is 44.3 Å². The molecule has 8 nitrogen and oxygen atoms in total. The second kappa shape index (κ2) is 12.0. The van der Waals surface area contributed by atoms with Gasteiger partial charge in [0.15, 0.2) is 11.5 Å². The molecule has 0 saturated carbocycles. The zero-order chi connectivity index (χ0) is 24.6. The van der Waals surface area contributed by atoms with Crippen molar-refractivity contribution in [2.75, 3.05) is 31.8 Å². The Balaban J connectivity index is 0.000000672. The molecule has 2 aliphatic rings. The molecule has 1 aromatic carbocycles. The van der Waals surface area contributed by atoms with Gasteiger partial charge in [-0.1, -0.05) is 26.8 Å². The second-order valence-electron chi connectivity index (χ2n) is 9.97. The number of imidazole rings is 1. The molecule has 1 unspecified atom stereocenters. The first-order chi connectivity index (χ1) is 17.0. The zero-order valence-electron chi connectivity index (χ0n) is 21.4. The molecule has 3 aromatic rings. The third kappa shape index (κ3) is 6.94. The van der Waals surface area contributed by atoms with Crippen LogP contribution in [0.1, 0.15) is 52.0 Å². The fraction of sp³-hybridized carbons (Fsp3) is 0.519. The van der Waals surface area contributed by atoms with E-state index in [-0.39, 0.29) is 0 Å². The molecular weight excluding hydrogens is 440 g/mol. The van der Waals surface area contributed by atoms with E-state index in [9.17, 15) is 0 Å². The summed E-state index contributed by atoms with van der Waals surface area (Å²) < 4.78 is 12.8. The minimum Gasteiger partial charge on any atom is -0.454 e. The van der Waals surface area contributed by atoms with Crippen LogP contribution in [0.2, 0.25) is 0 Å². The van der Waals surface area contributed by atoms with E-state index in [1.54, 1.807) is 12.5 Å². The summed E-state index contributed by atoms with van der Waals surface area (Å²) in [4.78, 5) is 18.2. The topological polar surface area (TPSA) is 68.5 Å². The number of piperidine rings is 1. The maximum atomic E-state index is 5.51. The number of fused-ring (bicyclic) bond motifs is 1. The van der Waals surface area contributed by atoms with Gasteiger partial charge in [0.2, 0.25) is 12.7 Å². The van der Waals surface area contributed by atoms with Crippen molar-refractivity contribution in [2.45, 2.75) is 59.0 Å². The Morgan fingerprint density at radius 1 is 1.09 bits per heavy atom. The van der Waals surface area contributed by atoms with Crippen LogP contribution in [0.25, 0.3) is 5.95 Å². The van der Waals surface area contributed by atoms with Gasteiger partial charge in [-0.2, -0.15) is 4.98 Å². The maximum Gasteiger partial charge on any atom is 0.236 e. The Morgan fingerprint density at radius 2 is 1.91 bits per heavy atom. The molecule has 188 valence electrons. The summed E-state index contributed by atoms with van der Waals surface area (Å²) in [5.41, 5.74) is 1.24. The number of benzene rings is 1. The number of nitrogens with zero attached hydrogens (tertiary/aromatic N) is 6. The van der Waals surface area contributed by atoms with Crippen LogP contribution >= 0.6 is 0 Å². The monoisotopic (exact) mass is 478 g/mol. The van der Waals surface area contributed by atoms with Crippen LogP contribution in [0.15, 0.2) is 49.2 Å². The van der Waals surface area contributed by atoms with Gasteiger partial charge < -0.3 is 19.3 Å². The van der Waals surface area contributed by atoms with Gasteiger partial charge in [-0.15, -0.1) is 0 Å². The molecule has 4 heterocycles. The molecule has 1 saturated heterocycles. The van der Waals surface area contributed by atoms with E-state index < -0.39 is 0 Å². The lowest BCUT2D eigenvalue weighted by atomic mass is 9.99. The second-order valence-corrected chi connectivity index (χ2v) is 9.97. The molecule has 0 aliphatic carbocycles. The van der Waals surface area contributed by atoms with Crippen molar-refractivity contribution in [3.8, 4) is 17.4 Å². The third-order valence-electron chi connectivity index (χ3n) is 6.02. The zero-order valence-corrected chi connectivity index (χ0v) is 21.4. The van der Waals surface area contributed by atoms with Gasteiger partial charge in [0.1, 0.15) is 12.1 Å². The summed E-state index contributed by atoms with van der Waals surface area (Å²) in [5, 5.41) is 0. The highest BCUT2D eigenvalue weighted by Gasteiger charge is 2.24. The summed E-state index contributed by atoms with van der Waals surface area (Å²) in [6.45, 7) is 9.77. The Hall–Kier alpha value is -3.13. The summed E-state index contributed by atoms with van der Waals surface area (Å²) in [7, 11) is 2.18. The number of rotatable bonds is 7. The predicted octanol–water partition coefficient (Wildman–Crippen LogP) is 4.93. The standard InChI is InChI=1S/C23H28N6O2.C4H10/c1-27(15-18-5-6-20-21(14-18)31-17-30-20)12-8-19-4-2-3-11-29(19)22-7-9-25-23(26-22)28-13-10-24-16-28;1-4(2)3/h5-7,9-10,13-14,16,19H,2-4,8,11-12,15,17H2,1H3;4H,1-3H3. The van der Waals surface area contributed by atoms with Gasteiger partial charge >= 0.3 is 0 Å². The molecule has 1 atom stereocenters. The van der Waals surface area contributed by atoms with Gasteiger partial charge in [0.05, 0.1) is 0 Å². The fourth-order valence-corrected chi connectivity index (χ4v) is 4.40. The van der Waals surface area contributed by atoms with E-state index >= 15 is 0 Å². The molecule has 0 radical (unpaired) electrons. The number of anilines is 1.